The number of halogens is 1. The molecule has 3 rings (SSSR count). The van der Waals surface area contributed by atoms with Crippen molar-refractivity contribution in [3.8, 4) is 0 Å². The first kappa shape index (κ1) is 20.2. The molecule has 0 atom stereocenters. The first-order valence-corrected chi connectivity index (χ1v) is 9.14. The highest BCUT2D eigenvalue weighted by molar-refractivity contribution is 5.95. The Bertz CT molecular complexity index is 931. The molecule has 1 N–H and O–H groups in total. The Kier molecular flexibility index (Phi) is 7.08. The third-order valence-electron chi connectivity index (χ3n) is 4.22. The molecule has 0 saturated heterocycles. The van der Waals surface area contributed by atoms with Gasteiger partial charge in [-0.1, -0.05) is 48.5 Å². The van der Waals surface area contributed by atoms with E-state index in [-0.39, 0.29) is 31.0 Å². The molecule has 148 valence electrons. The smallest absolute Gasteiger partial charge is 0.253 e. The summed E-state index contributed by atoms with van der Waals surface area (Å²) < 4.78 is 18.6. The van der Waals surface area contributed by atoms with Crippen LogP contribution in [0.5, 0.6) is 0 Å². The van der Waals surface area contributed by atoms with Crippen LogP contribution in [0.25, 0.3) is 0 Å². The lowest BCUT2D eigenvalue weighted by Gasteiger charge is -2.23. The summed E-state index contributed by atoms with van der Waals surface area (Å²) in [6.45, 7) is 0.00633. The van der Waals surface area contributed by atoms with Crippen molar-refractivity contribution >= 4 is 17.5 Å². The topological polar surface area (TPSA) is 58.6 Å². The Labute approximate surface area is 168 Å². The van der Waals surface area contributed by atoms with Crippen molar-refractivity contribution in [3.05, 3.63) is 102 Å². The van der Waals surface area contributed by atoms with Gasteiger partial charge >= 0.3 is 0 Å². The fourth-order valence-corrected chi connectivity index (χ4v) is 2.73. The van der Waals surface area contributed by atoms with E-state index in [1.54, 1.807) is 36.4 Å². The van der Waals surface area contributed by atoms with E-state index in [9.17, 15) is 14.0 Å². The Morgan fingerprint density at radius 1 is 0.862 bits per heavy atom. The number of ether oxygens (including phenoxy) is 1. The van der Waals surface area contributed by atoms with Gasteiger partial charge in [-0.05, 0) is 42.0 Å². The summed E-state index contributed by atoms with van der Waals surface area (Å²) >= 11 is 0. The summed E-state index contributed by atoms with van der Waals surface area (Å²) in [4.78, 5) is 26.3. The number of amides is 2. The number of hydrogen-bond acceptors (Lipinski definition) is 3. The van der Waals surface area contributed by atoms with Gasteiger partial charge in [0.15, 0.2) is 0 Å². The second-order valence-electron chi connectivity index (χ2n) is 6.31. The van der Waals surface area contributed by atoms with Crippen molar-refractivity contribution in [1.29, 1.82) is 0 Å². The van der Waals surface area contributed by atoms with E-state index in [0.717, 1.165) is 5.56 Å². The van der Waals surface area contributed by atoms with E-state index in [1.807, 2.05) is 36.4 Å². The SMILES string of the molecule is O=C(NCOCC(=O)N(Cc1ccccc1)c1ccc(F)cc1)c1ccccc1. The van der Waals surface area contributed by atoms with Crippen molar-refractivity contribution in [1.82, 2.24) is 5.32 Å². The van der Waals surface area contributed by atoms with Crippen LogP contribution in [0.15, 0.2) is 84.9 Å². The number of nitrogens with zero attached hydrogens (tertiary/aromatic N) is 1. The maximum Gasteiger partial charge on any atom is 0.253 e. The molecule has 0 aliphatic carbocycles. The minimum absolute atomic E-state index is 0.0952. The van der Waals surface area contributed by atoms with Crippen LogP contribution in [0, 0.1) is 5.82 Å². The highest BCUT2D eigenvalue weighted by Crippen LogP contribution is 2.18. The molecule has 0 fully saturated rings. The zero-order chi connectivity index (χ0) is 20.5. The number of anilines is 1. The Morgan fingerprint density at radius 2 is 1.48 bits per heavy atom. The van der Waals surface area contributed by atoms with Gasteiger partial charge in [-0.2, -0.15) is 0 Å². The lowest BCUT2D eigenvalue weighted by atomic mass is 10.2. The fourth-order valence-electron chi connectivity index (χ4n) is 2.73. The number of benzene rings is 3. The molecule has 2 amide bonds. The molecular weight excluding hydrogens is 371 g/mol. The number of carbonyl (C=O) groups excluding carboxylic acids is 2. The second kappa shape index (κ2) is 10.1. The van der Waals surface area contributed by atoms with Gasteiger partial charge in [0.2, 0.25) is 0 Å². The summed E-state index contributed by atoms with van der Waals surface area (Å²) in [5.74, 6) is -0.951. The molecular formula is C23H21FN2O3. The van der Waals surface area contributed by atoms with E-state index in [1.165, 1.54) is 17.0 Å². The predicted molar refractivity (Wildman–Crippen MR) is 109 cm³/mol. The van der Waals surface area contributed by atoms with Crippen molar-refractivity contribution in [2.45, 2.75) is 6.54 Å². The van der Waals surface area contributed by atoms with Crippen LogP contribution in [0.2, 0.25) is 0 Å². The molecule has 3 aromatic rings. The summed E-state index contributed by atoms with van der Waals surface area (Å²) in [6.07, 6.45) is 0. The molecule has 29 heavy (non-hydrogen) atoms. The molecule has 5 nitrogen and oxygen atoms in total. The monoisotopic (exact) mass is 392 g/mol. The van der Waals surface area contributed by atoms with Gasteiger partial charge in [-0.25, -0.2) is 4.39 Å². The normalized spacial score (nSPS) is 10.4. The average molecular weight is 392 g/mol. The Balaban J connectivity index is 1.59. The van der Waals surface area contributed by atoms with Crippen LogP contribution in [0.1, 0.15) is 15.9 Å². The lowest BCUT2D eigenvalue weighted by molar-refractivity contribution is -0.123. The van der Waals surface area contributed by atoms with Gasteiger partial charge < -0.3 is 15.0 Å². The van der Waals surface area contributed by atoms with E-state index in [2.05, 4.69) is 5.32 Å². The van der Waals surface area contributed by atoms with Crippen molar-refractivity contribution < 1.29 is 18.7 Å². The molecule has 0 spiro atoms. The van der Waals surface area contributed by atoms with Crippen molar-refractivity contribution in [3.63, 3.8) is 0 Å². The van der Waals surface area contributed by atoms with Gasteiger partial charge in [0.25, 0.3) is 11.8 Å². The van der Waals surface area contributed by atoms with Crippen LogP contribution in [-0.2, 0) is 16.1 Å². The minimum Gasteiger partial charge on any atom is -0.351 e. The van der Waals surface area contributed by atoms with Crippen molar-refractivity contribution in [2.24, 2.45) is 0 Å². The molecule has 0 unspecified atom stereocenters. The van der Waals surface area contributed by atoms with Crippen LogP contribution >= 0.6 is 0 Å². The van der Waals surface area contributed by atoms with Crippen LogP contribution < -0.4 is 10.2 Å². The molecule has 6 heteroatoms. The first-order chi connectivity index (χ1) is 14.1. The number of hydrogen-bond donors (Lipinski definition) is 1. The summed E-state index contributed by atoms with van der Waals surface area (Å²) in [6, 6.07) is 23.9. The molecule has 0 bridgehead atoms. The molecule has 0 aromatic heterocycles. The third kappa shape index (κ3) is 5.99. The van der Waals surface area contributed by atoms with Crippen molar-refractivity contribution in [2.75, 3.05) is 18.2 Å². The third-order valence-corrected chi connectivity index (χ3v) is 4.22. The predicted octanol–water partition coefficient (Wildman–Crippen LogP) is 3.76. The zero-order valence-electron chi connectivity index (χ0n) is 15.8. The Morgan fingerprint density at radius 3 is 2.14 bits per heavy atom. The van der Waals surface area contributed by atoms with Crippen LogP contribution in [-0.4, -0.2) is 25.2 Å². The standard InChI is InChI=1S/C23H21FN2O3/c24-20-11-13-21(14-12-20)26(15-18-7-3-1-4-8-18)22(27)16-29-17-25-23(28)19-9-5-2-6-10-19/h1-14H,15-17H2,(H,25,28). The number of carbonyl (C=O) groups is 2. The molecule has 0 radical (unpaired) electrons. The maximum absolute atomic E-state index is 13.3. The van der Waals surface area contributed by atoms with E-state index in [4.69, 9.17) is 4.74 Å². The largest absolute Gasteiger partial charge is 0.351 e. The molecule has 3 aromatic carbocycles. The summed E-state index contributed by atoms with van der Waals surface area (Å²) in [7, 11) is 0. The van der Waals surface area contributed by atoms with E-state index < -0.39 is 0 Å². The maximum atomic E-state index is 13.3. The molecule has 0 saturated carbocycles. The zero-order valence-corrected chi connectivity index (χ0v) is 15.8. The highest BCUT2D eigenvalue weighted by atomic mass is 19.1. The molecule has 0 heterocycles. The highest BCUT2D eigenvalue weighted by Gasteiger charge is 2.17. The van der Waals surface area contributed by atoms with Gasteiger partial charge in [0, 0.05) is 11.3 Å². The first-order valence-electron chi connectivity index (χ1n) is 9.14. The Hall–Kier alpha value is -3.51. The fraction of sp³-hybridized carbons (Fsp3) is 0.130. The van der Waals surface area contributed by atoms with E-state index >= 15 is 0 Å². The second-order valence-corrected chi connectivity index (χ2v) is 6.31. The summed E-state index contributed by atoms with van der Waals surface area (Å²) in [5.41, 5.74) is 2.01. The van der Waals surface area contributed by atoms with Gasteiger partial charge in [0.05, 0.1) is 6.54 Å². The lowest BCUT2D eigenvalue weighted by Crippen LogP contribution is -2.35. The van der Waals surface area contributed by atoms with Crippen LogP contribution in [0.4, 0.5) is 10.1 Å². The number of rotatable bonds is 8. The minimum atomic E-state index is -0.374. The van der Waals surface area contributed by atoms with Gasteiger partial charge in [0.1, 0.15) is 19.2 Å². The van der Waals surface area contributed by atoms with Crippen LogP contribution in [0.3, 0.4) is 0 Å². The quantitative estimate of drug-likeness (QED) is 0.469. The van der Waals surface area contributed by atoms with Gasteiger partial charge in [-0.3, -0.25) is 9.59 Å². The van der Waals surface area contributed by atoms with Gasteiger partial charge in [-0.15, -0.1) is 0 Å². The summed E-state index contributed by atoms with van der Waals surface area (Å²) in [5, 5.41) is 2.61. The number of nitrogens with one attached hydrogen (secondary N) is 1. The molecule has 0 aliphatic rings. The average Bonchev–Trinajstić information content (AvgIpc) is 2.77. The van der Waals surface area contributed by atoms with E-state index in [0.29, 0.717) is 17.8 Å². The molecule has 0 aliphatic heterocycles.